The molecule has 1 fully saturated rings. The van der Waals surface area contributed by atoms with Crippen LogP contribution in [0.15, 0.2) is 42.7 Å². The number of anilines is 2. The molecule has 2 amide bonds. The Morgan fingerprint density at radius 3 is 2.54 bits per heavy atom. The van der Waals surface area contributed by atoms with Crippen LogP contribution in [0.1, 0.15) is 19.8 Å². The average molecular weight is 355 g/mol. The van der Waals surface area contributed by atoms with Gasteiger partial charge in [-0.2, -0.15) is 0 Å². The van der Waals surface area contributed by atoms with Gasteiger partial charge in [-0.1, -0.05) is 0 Å². The molecule has 0 spiro atoms. The lowest BCUT2D eigenvalue weighted by Crippen LogP contribution is -2.40. The number of aromatic nitrogens is 2. The first-order valence-corrected chi connectivity index (χ1v) is 9.04. The highest BCUT2D eigenvalue weighted by Gasteiger charge is 2.21. The highest BCUT2D eigenvalue weighted by atomic mass is 16.5. The number of nitrogens with zero attached hydrogens (tertiary/aromatic N) is 3. The number of hydrogen-bond acceptors (Lipinski definition) is 5. The van der Waals surface area contributed by atoms with Crippen molar-refractivity contribution in [3.63, 3.8) is 0 Å². The molecule has 1 aliphatic heterocycles. The number of carbonyl (C=O) groups is 1. The summed E-state index contributed by atoms with van der Waals surface area (Å²) in [5, 5.41) is 5.81. The molecular formula is C19H25N5O2. The van der Waals surface area contributed by atoms with Crippen molar-refractivity contribution in [1.29, 1.82) is 0 Å². The van der Waals surface area contributed by atoms with Crippen LogP contribution < -0.4 is 20.3 Å². The maximum atomic E-state index is 12.1. The van der Waals surface area contributed by atoms with Gasteiger partial charge in [0.15, 0.2) is 0 Å². The van der Waals surface area contributed by atoms with Crippen LogP contribution >= 0.6 is 0 Å². The molecule has 1 aromatic heterocycles. The molecular weight excluding hydrogens is 330 g/mol. The first-order chi connectivity index (χ1) is 12.7. The number of nitrogens with one attached hydrogen (secondary N) is 2. The van der Waals surface area contributed by atoms with Gasteiger partial charge in [-0.15, -0.1) is 0 Å². The van der Waals surface area contributed by atoms with Crippen molar-refractivity contribution in [2.75, 3.05) is 36.5 Å². The third kappa shape index (κ3) is 5.08. The van der Waals surface area contributed by atoms with Gasteiger partial charge in [0.25, 0.3) is 0 Å². The summed E-state index contributed by atoms with van der Waals surface area (Å²) in [6.07, 6.45) is 5.56. The van der Waals surface area contributed by atoms with Gasteiger partial charge in [-0.05, 0) is 56.0 Å². The van der Waals surface area contributed by atoms with Crippen molar-refractivity contribution < 1.29 is 9.53 Å². The van der Waals surface area contributed by atoms with Crippen LogP contribution in [0.3, 0.4) is 0 Å². The number of piperidine rings is 1. The predicted octanol–water partition coefficient (Wildman–Crippen LogP) is 2.91. The topological polar surface area (TPSA) is 79.4 Å². The summed E-state index contributed by atoms with van der Waals surface area (Å²) in [6, 6.07) is 9.01. The minimum absolute atomic E-state index is 0.178. The second kappa shape index (κ2) is 9.03. The van der Waals surface area contributed by atoms with Gasteiger partial charge in [-0.3, -0.25) is 0 Å². The Labute approximate surface area is 153 Å². The SMILES string of the molecule is CCOc1ccc(NC(=O)NCC2CCN(c3ncccn3)CC2)cc1. The predicted molar refractivity (Wildman–Crippen MR) is 102 cm³/mol. The molecule has 1 aromatic carbocycles. The molecule has 0 saturated carbocycles. The van der Waals surface area contributed by atoms with Crippen LogP contribution in [-0.2, 0) is 0 Å². The molecule has 2 heterocycles. The van der Waals surface area contributed by atoms with Gasteiger partial charge >= 0.3 is 6.03 Å². The molecule has 3 rings (SSSR count). The molecule has 7 heteroatoms. The molecule has 2 aromatic rings. The van der Waals surface area contributed by atoms with Gasteiger partial charge in [0, 0.05) is 37.7 Å². The fraction of sp³-hybridized carbons (Fsp3) is 0.421. The minimum atomic E-state index is -0.178. The molecule has 7 nitrogen and oxygen atoms in total. The Bertz CT molecular complexity index is 685. The lowest BCUT2D eigenvalue weighted by atomic mass is 9.97. The maximum absolute atomic E-state index is 12.1. The third-order valence-electron chi connectivity index (χ3n) is 4.42. The van der Waals surface area contributed by atoms with E-state index in [1.54, 1.807) is 12.4 Å². The van der Waals surface area contributed by atoms with Gasteiger partial charge in [0.2, 0.25) is 5.95 Å². The van der Waals surface area contributed by atoms with E-state index in [1.165, 1.54) is 0 Å². The van der Waals surface area contributed by atoms with Gasteiger partial charge < -0.3 is 20.3 Å². The van der Waals surface area contributed by atoms with E-state index in [0.717, 1.165) is 43.3 Å². The fourth-order valence-corrected chi connectivity index (χ4v) is 3.01. The molecule has 1 aliphatic rings. The van der Waals surface area contributed by atoms with E-state index in [4.69, 9.17) is 4.74 Å². The highest BCUT2D eigenvalue weighted by molar-refractivity contribution is 5.89. The fourth-order valence-electron chi connectivity index (χ4n) is 3.01. The van der Waals surface area contributed by atoms with Crippen LogP contribution in [-0.4, -0.2) is 42.2 Å². The van der Waals surface area contributed by atoms with Crippen LogP contribution in [0.2, 0.25) is 0 Å². The van der Waals surface area contributed by atoms with Crippen LogP contribution in [0.5, 0.6) is 5.75 Å². The monoisotopic (exact) mass is 355 g/mol. The Kier molecular flexibility index (Phi) is 6.24. The number of benzene rings is 1. The van der Waals surface area contributed by atoms with Crippen molar-refractivity contribution >= 4 is 17.7 Å². The summed E-state index contributed by atoms with van der Waals surface area (Å²) >= 11 is 0. The van der Waals surface area contributed by atoms with Crippen molar-refractivity contribution in [3.8, 4) is 5.75 Å². The standard InChI is InChI=1S/C19H25N5O2/c1-2-26-17-6-4-16(5-7-17)23-19(25)22-14-15-8-12-24(13-9-15)18-20-10-3-11-21-18/h3-7,10-11,15H,2,8-9,12-14H2,1H3,(H2,22,23,25). The normalized spacial score (nSPS) is 14.7. The van der Waals surface area contributed by atoms with Crippen molar-refractivity contribution in [2.24, 2.45) is 5.92 Å². The summed E-state index contributed by atoms with van der Waals surface area (Å²) in [4.78, 5) is 22.8. The number of ether oxygens (including phenoxy) is 1. The van der Waals surface area contributed by atoms with E-state index in [1.807, 2.05) is 37.3 Å². The quantitative estimate of drug-likeness (QED) is 0.833. The summed E-state index contributed by atoms with van der Waals surface area (Å²) in [6.45, 7) is 5.07. The van der Waals surface area contributed by atoms with E-state index < -0.39 is 0 Å². The number of hydrogen-bond donors (Lipinski definition) is 2. The van der Waals surface area contributed by atoms with E-state index >= 15 is 0 Å². The Hall–Kier alpha value is -2.83. The molecule has 0 bridgehead atoms. The molecule has 1 saturated heterocycles. The third-order valence-corrected chi connectivity index (χ3v) is 4.42. The van der Waals surface area contributed by atoms with Gasteiger partial charge in [-0.25, -0.2) is 14.8 Å². The molecule has 138 valence electrons. The molecule has 2 N–H and O–H groups in total. The second-order valence-corrected chi connectivity index (χ2v) is 6.27. The number of rotatable bonds is 6. The first-order valence-electron chi connectivity index (χ1n) is 9.04. The second-order valence-electron chi connectivity index (χ2n) is 6.27. The van der Waals surface area contributed by atoms with E-state index in [2.05, 4.69) is 25.5 Å². The number of urea groups is 1. The largest absolute Gasteiger partial charge is 0.494 e. The van der Waals surface area contributed by atoms with Gasteiger partial charge in [0.05, 0.1) is 6.61 Å². The van der Waals surface area contributed by atoms with E-state index in [9.17, 15) is 4.79 Å². The summed E-state index contributed by atoms with van der Waals surface area (Å²) < 4.78 is 5.39. The number of carbonyl (C=O) groups excluding carboxylic acids is 1. The average Bonchev–Trinajstić information content (AvgIpc) is 2.69. The summed E-state index contributed by atoms with van der Waals surface area (Å²) in [5.74, 6) is 2.06. The van der Waals surface area contributed by atoms with Crippen LogP contribution in [0.25, 0.3) is 0 Å². The van der Waals surface area contributed by atoms with Crippen molar-refractivity contribution in [3.05, 3.63) is 42.7 Å². The molecule has 0 radical (unpaired) electrons. The minimum Gasteiger partial charge on any atom is -0.494 e. The van der Waals surface area contributed by atoms with Crippen LogP contribution in [0.4, 0.5) is 16.4 Å². The maximum Gasteiger partial charge on any atom is 0.319 e. The van der Waals surface area contributed by atoms with Crippen LogP contribution in [0, 0.1) is 5.92 Å². The molecule has 26 heavy (non-hydrogen) atoms. The zero-order valence-electron chi connectivity index (χ0n) is 15.0. The zero-order valence-corrected chi connectivity index (χ0v) is 15.0. The smallest absolute Gasteiger partial charge is 0.319 e. The van der Waals surface area contributed by atoms with Crippen molar-refractivity contribution in [1.82, 2.24) is 15.3 Å². The molecule has 0 aliphatic carbocycles. The number of amides is 2. The zero-order chi connectivity index (χ0) is 18.2. The van der Waals surface area contributed by atoms with Crippen molar-refractivity contribution in [2.45, 2.75) is 19.8 Å². The molecule has 0 atom stereocenters. The summed E-state index contributed by atoms with van der Waals surface area (Å²) in [5.41, 5.74) is 0.752. The van der Waals surface area contributed by atoms with E-state index in [0.29, 0.717) is 19.1 Å². The Morgan fingerprint density at radius 1 is 1.19 bits per heavy atom. The lowest BCUT2D eigenvalue weighted by Gasteiger charge is -2.31. The lowest BCUT2D eigenvalue weighted by molar-refractivity contribution is 0.248. The van der Waals surface area contributed by atoms with E-state index in [-0.39, 0.29) is 6.03 Å². The molecule has 0 unspecified atom stereocenters. The highest BCUT2D eigenvalue weighted by Crippen LogP contribution is 2.20. The first kappa shape index (κ1) is 18.0. The summed E-state index contributed by atoms with van der Waals surface area (Å²) in [7, 11) is 0. The Morgan fingerprint density at radius 2 is 1.88 bits per heavy atom. The Balaban J connectivity index is 1.38. The van der Waals surface area contributed by atoms with Gasteiger partial charge in [0.1, 0.15) is 5.75 Å².